The van der Waals surface area contributed by atoms with Gasteiger partial charge in [-0.2, -0.15) is 0 Å². The third-order valence-corrected chi connectivity index (χ3v) is 5.52. The topological polar surface area (TPSA) is 57.2 Å². The Balaban J connectivity index is 0. The fourth-order valence-electron chi connectivity index (χ4n) is 2.46. The molecule has 6 atom stereocenters. The largest absolute Gasteiger partial charge is 0.748 e. The van der Waals surface area contributed by atoms with Crippen LogP contribution in [0, 0.1) is 0 Å². The molecule has 0 aromatic carbocycles. The van der Waals surface area contributed by atoms with Gasteiger partial charge in [0.2, 0.25) is 0 Å². The fraction of sp³-hybridized carbons (Fsp3) is 1.00. The second-order valence-corrected chi connectivity index (χ2v) is 7.74. The summed E-state index contributed by atoms with van der Waals surface area (Å²) in [6.45, 7) is 12.2. The van der Waals surface area contributed by atoms with E-state index in [4.69, 9.17) is 0 Å². The molecule has 0 aromatic rings. The van der Waals surface area contributed by atoms with Crippen LogP contribution in [0.1, 0.15) is 27.7 Å². The minimum absolute atomic E-state index is 1.28. The van der Waals surface area contributed by atoms with Crippen molar-refractivity contribution < 1.29 is 48.2 Å². The molecule has 172 valence electrons. The number of rotatable bonds is 12. The van der Waals surface area contributed by atoms with E-state index in [0.717, 1.165) is 0 Å². The molecule has 0 saturated carbocycles. The third-order valence-electron chi connectivity index (χ3n) is 4.80. The Labute approximate surface area is 162 Å². The van der Waals surface area contributed by atoms with Gasteiger partial charge in [-0.1, -0.05) is 0 Å². The van der Waals surface area contributed by atoms with Crippen LogP contribution in [0.25, 0.3) is 0 Å². The Bertz CT molecular complexity index is 491. The lowest BCUT2D eigenvalue weighted by Crippen LogP contribution is -2.47. The zero-order valence-electron chi connectivity index (χ0n) is 16.4. The van der Waals surface area contributed by atoms with Crippen molar-refractivity contribution in [2.24, 2.45) is 0 Å². The number of hydrogen-bond donors (Lipinski definition) is 0. The van der Waals surface area contributed by atoms with E-state index in [0.29, 0.717) is 0 Å². The van der Waals surface area contributed by atoms with Gasteiger partial charge in [0.1, 0.15) is 12.8 Å². The zero-order valence-corrected chi connectivity index (χ0v) is 17.2. The summed E-state index contributed by atoms with van der Waals surface area (Å²) in [6, 6.07) is 0. The molecular weight excluding hydrogens is 419 g/mol. The highest BCUT2D eigenvalue weighted by Crippen LogP contribution is 2.24. The highest BCUT2D eigenvalue weighted by molar-refractivity contribution is 7.85. The average molecular weight is 449 g/mol. The van der Waals surface area contributed by atoms with E-state index in [1.54, 1.807) is 0 Å². The maximum atomic E-state index is 12.9. The van der Waals surface area contributed by atoms with Gasteiger partial charge in [0.15, 0.2) is 30.9 Å². The minimum Gasteiger partial charge on any atom is -0.748 e. The molecule has 0 rings (SSSR count). The van der Waals surface area contributed by atoms with E-state index in [9.17, 15) is 43.7 Å². The molecule has 0 amide bonds. The predicted molar refractivity (Wildman–Crippen MR) is 92.3 cm³/mol. The molecule has 0 heterocycles. The Morgan fingerprint density at radius 1 is 0.714 bits per heavy atom. The molecule has 0 aliphatic heterocycles. The summed E-state index contributed by atoms with van der Waals surface area (Å²) >= 11 is 0. The number of nitrogens with zero attached hydrogens (tertiary/aromatic N) is 1. The monoisotopic (exact) mass is 449 g/mol. The van der Waals surface area contributed by atoms with E-state index in [2.05, 4.69) is 27.7 Å². The maximum Gasteiger partial charge on any atom is 0.168 e. The molecule has 0 saturated heterocycles. The van der Waals surface area contributed by atoms with Crippen molar-refractivity contribution in [1.29, 1.82) is 0 Å². The SMILES string of the molecule is CC[N+](CC)(CC)CC.O=S(=O)([O-])CC(F)C(F)C(F)C(F)C(F)C(F)CF. The van der Waals surface area contributed by atoms with Gasteiger partial charge in [-0.05, 0) is 27.7 Å². The van der Waals surface area contributed by atoms with Gasteiger partial charge in [-0.15, -0.1) is 0 Å². The van der Waals surface area contributed by atoms with Gasteiger partial charge in [0, 0.05) is 0 Å². The van der Waals surface area contributed by atoms with Gasteiger partial charge < -0.3 is 9.04 Å². The van der Waals surface area contributed by atoms with Gasteiger partial charge >= 0.3 is 0 Å². The summed E-state index contributed by atoms with van der Waals surface area (Å²) in [4.78, 5) is 0. The number of halogens is 7. The molecule has 0 spiro atoms. The zero-order chi connectivity index (χ0) is 22.7. The summed E-state index contributed by atoms with van der Waals surface area (Å²) in [5.74, 6) is -1.99. The van der Waals surface area contributed by atoms with E-state index in [1.807, 2.05) is 0 Å². The molecule has 0 aliphatic rings. The van der Waals surface area contributed by atoms with Crippen molar-refractivity contribution in [2.45, 2.75) is 64.7 Å². The molecule has 0 fully saturated rings. The van der Waals surface area contributed by atoms with Crippen molar-refractivity contribution in [3.63, 3.8) is 0 Å². The molecule has 0 radical (unpaired) electrons. The van der Waals surface area contributed by atoms with Crippen LogP contribution in [-0.4, -0.2) is 93.1 Å². The molecule has 4 nitrogen and oxygen atoms in total. The molecule has 0 aliphatic carbocycles. The first-order valence-electron chi connectivity index (χ1n) is 8.94. The summed E-state index contributed by atoms with van der Waals surface area (Å²) in [5.41, 5.74) is 0. The van der Waals surface area contributed by atoms with Gasteiger partial charge in [0.05, 0.1) is 42.1 Å². The first kappa shape index (κ1) is 29.6. The maximum absolute atomic E-state index is 12.9. The first-order chi connectivity index (χ1) is 12.8. The summed E-state index contributed by atoms with van der Waals surface area (Å²) < 4.78 is 120. The normalized spacial score (nSPS) is 19.0. The molecule has 28 heavy (non-hydrogen) atoms. The quantitative estimate of drug-likeness (QED) is 0.261. The molecule has 0 bridgehead atoms. The van der Waals surface area contributed by atoms with Crippen molar-refractivity contribution in [3.8, 4) is 0 Å². The summed E-state index contributed by atoms with van der Waals surface area (Å²) in [7, 11) is -5.25. The third kappa shape index (κ3) is 10.2. The van der Waals surface area contributed by atoms with Crippen LogP contribution in [-0.2, 0) is 10.1 Å². The van der Waals surface area contributed by atoms with E-state index >= 15 is 0 Å². The van der Waals surface area contributed by atoms with Crippen LogP contribution in [0.15, 0.2) is 0 Å². The molecule has 0 aromatic heterocycles. The van der Waals surface area contributed by atoms with Gasteiger partial charge in [0.25, 0.3) is 0 Å². The highest BCUT2D eigenvalue weighted by atomic mass is 32.2. The van der Waals surface area contributed by atoms with Crippen LogP contribution in [0.4, 0.5) is 30.7 Å². The Morgan fingerprint density at radius 3 is 1.25 bits per heavy atom. The first-order valence-corrected chi connectivity index (χ1v) is 10.5. The lowest BCUT2D eigenvalue weighted by Gasteiger charge is -2.34. The second kappa shape index (κ2) is 13.6. The number of alkyl halides is 7. The molecule has 12 heteroatoms. The predicted octanol–water partition coefficient (Wildman–Crippen LogP) is 3.41. The Morgan fingerprint density at radius 2 is 1.04 bits per heavy atom. The second-order valence-electron chi connectivity index (χ2n) is 6.29. The van der Waals surface area contributed by atoms with Gasteiger partial charge in [-0.25, -0.2) is 39.2 Å². The fourth-order valence-corrected chi connectivity index (χ4v) is 3.04. The summed E-state index contributed by atoms with van der Waals surface area (Å²) in [5, 5.41) is 0. The molecule has 0 N–H and O–H groups in total. The van der Waals surface area contributed by atoms with E-state index < -0.39 is 59.6 Å². The van der Waals surface area contributed by atoms with Crippen LogP contribution in [0.5, 0.6) is 0 Å². The standard InChI is InChI=1S/C8H11F7O3S.C8H20N/c9-1-3(10)5(12)7(14)8(15)6(13)4(11)2-19(16,17)18;1-5-9(6-2,7-3)8-4/h3-8H,1-2H2,(H,16,17,18);5-8H2,1-4H3/q;+1/p-1. The van der Waals surface area contributed by atoms with E-state index in [-0.39, 0.29) is 0 Å². The van der Waals surface area contributed by atoms with Crippen LogP contribution in [0.3, 0.4) is 0 Å². The highest BCUT2D eigenvalue weighted by Gasteiger charge is 2.43. The Hall–Kier alpha value is -0.620. The van der Waals surface area contributed by atoms with Crippen molar-refractivity contribution in [1.82, 2.24) is 0 Å². The molecule has 6 unspecified atom stereocenters. The molecular formula is C16H30F7NO3S. The minimum atomic E-state index is -5.25. The number of quaternary nitrogens is 1. The number of hydrogen-bond acceptors (Lipinski definition) is 3. The lowest BCUT2D eigenvalue weighted by molar-refractivity contribution is -0.921. The van der Waals surface area contributed by atoms with Crippen LogP contribution >= 0.6 is 0 Å². The van der Waals surface area contributed by atoms with Crippen molar-refractivity contribution >= 4 is 10.1 Å². The van der Waals surface area contributed by atoms with Gasteiger partial charge in [-0.3, -0.25) is 0 Å². The van der Waals surface area contributed by atoms with Crippen molar-refractivity contribution in [2.75, 3.05) is 38.6 Å². The summed E-state index contributed by atoms with van der Waals surface area (Å²) in [6.07, 6.45) is -20.3. The average Bonchev–Trinajstić information content (AvgIpc) is 2.66. The van der Waals surface area contributed by atoms with Crippen LogP contribution < -0.4 is 0 Å². The smallest absolute Gasteiger partial charge is 0.168 e. The lowest BCUT2D eigenvalue weighted by atomic mass is 10.0. The van der Waals surface area contributed by atoms with E-state index in [1.165, 1.54) is 30.7 Å². The van der Waals surface area contributed by atoms with Crippen LogP contribution in [0.2, 0.25) is 0 Å². The Kier molecular flexibility index (Phi) is 14.3. The van der Waals surface area contributed by atoms with Crippen molar-refractivity contribution in [3.05, 3.63) is 0 Å².